The first kappa shape index (κ1) is 22.7. The van der Waals surface area contributed by atoms with Crippen molar-refractivity contribution in [3.8, 4) is 0 Å². The molecule has 3 aromatic carbocycles. The molecule has 162 valence electrons. The number of hydrogen-bond donors (Lipinski definition) is 4. The molecule has 0 bridgehead atoms. The van der Waals surface area contributed by atoms with Crippen LogP contribution in [0.15, 0.2) is 91.0 Å². The quantitative estimate of drug-likeness (QED) is 0.374. The Morgan fingerprint density at radius 3 is 1.23 bits per heavy atom. The van der Waals surface area contributed by atoms with Crippen molar-refractivity contribution in [3.05, 3.63) is 108 Å². The highest BCUT2D eigenvalue weighted by molar-refractivity contribution is 5.70. The van der Waals surface area contributed by atoms with Gasteiger partial charge in [0.25, 0.3) is 0 Å². The lowest BCUT2D eigenvalue weighted by molar-refractivity contribution is -0.147. The first-order valence-corrected chi connectivity index (χ1v) is 10.0. The second kappa shape index (κ2) is 9.85. The molecule has 4 N–H and O–H groups in total. The Bertz CT molecular complexity index is 854. The number of carboxylic acids is 1. The molecule has 0 aliphatic heterocycles. The summed E-state index contributed by atoms with van der Waals surface area (Å²) in [5.74, 6) is -1.15. The molecule has 0 radical (unpaired) electrons. The van der Waals surface area contributed by atoms with Gasteiger partial charge in [0.15, 0.2) is 0 Å². The van der Waals surface area contributed by atoms with Gasteiger partial charge in [-0.1, -0.05) is 91.0 Å². The van der Waals surface area contributed by atoms with E-state index in [-0.39, 0.29) is 0 Å². The van der Waals surface area contributed by atoms with Gasteiger partial charge < -0.3 is 20.4 Å². The molecule has 0 saturated carbocycles. The predicted molar refractivity (Wildman–Crippen MR) is 118 cm³/mol. The summed E-state index contributed by atoms with van der Waals surface area (Å²) in [6, 6.07) is 28.0. The highest BCUT2D eigenvalue weighted by Crippen LogP contribution is 2.45. The number of carboxylic acid groups (broad SMARTS) is 1. The van der Waals surface area contributed by atoms with Gasteiger partial charge in [0.2, 0.25) is 0 Å². The summed E-state index contributed by atoms with van der Waals surface area (Å²) < 4.78 is 0. The molecule has 0 aromatic heterocycles. The highest BCUT2D eigenvalue weighted by Gasteiger charge is 2.52. The third kappa shape index (κ3) is 4.11. The van der Waals surface area contributed by atoms with Crippen LogP contribution in [0.2, 0.25) is 0 Å². The van der Waals surface area contributed by atoms with Gasteiger partial charge in [-0.15, -0.1) is 0 Å². The zero-order valence-corrected chi connectivity index (χ0v) is 17.1. The smallest absolute Gasteiger partial charge is 0.317 e. The van der Waals surface area contributed by atoms with Crippen molar-refractivity contribution in [1.82, 2.24) is 4.90 Å². The van der Waals surface area contributed by atoms with Crippen LogP contribution in [0.4, 0.5) is 0 Å². The van der Waals surface area contributed by atoms with Crippen LogP contribution in [-0.4, -0.2) is 63.2 Å². The second-order valence-corrected chi connectivity index (χ2v) is 7.49. The van der Waals surface area contributed by atoms with E-state index < -0.39 is 43.4 Å². The Hall–Kier alpha value is -3.03. The summed E-state index contributed by atoms with van der Waals surface area (Å²) in [5, 5.41) is 40.8. The number of aliphatic hydroxyl groups excluding tert-OH is 3. The van der Waals surface area contributed by atoms with E-state index in [9.17, 15) is 25.2 Å². The Morgan fingerprint density at radius 2 is 0.968 bits per heavy atom. The molecule has 0 fully saturated rings. The molecule has 0 saturated heterocycles. The van der Waals surface area contributed by atoms with Crippen molar-refractivity contribution in [1.29, 1.82) is 0 Å². The van der Waals surface area contributed by atoms with Crippen LogP contribution < -0.4 is 0 Å². The zero-order chi connectivity index (χ0) is 22.3. The van der Waals surface area contributed by atoms with Crippen molar-refractivity contribution in [2.45, 2.75) is 11.1 Å². The Morgan fingerprint density at radius 1 is 0.645 bits per heavy atom. The minimum Gasteiger partial charge on any atom is -0.480 e. The van der Waals surface area contributed by atoms with Crippen molar-refractivity contribution in [3.63, 3.8) is 0 Å². The summed E-state index contributed by atoms with van der Waals surface area (Å²) in [5.41, 5.74) is -0.592. The molecule has 0 unspecified atom stereocenters. The molecule has 3 aromatic rings. The van der Waals surface area contributed by atoms with Crippen LogP contribution in [0.3, 0.4) is 0 Å². The normalized spacial score (nSPS) is 12.1. The van der Waals surface area contributed by atoms with Gasteiger partial charge in [0, 0.05) is 0 Å². The molecule has 3 rings (SSSR count). The standard InChI is InChI=1S/C25H27NO5/c27-17-24(18-28,19-29)26(16-23(30)31)25(20-10-4-1-5-11-20,21-12-6-2-7-13-21)22-14-8-3-9-15-22/h1-15,27-29H,16-19H2,(H,30,31). The van der Waals surface area contributed by atoms with E-state index in [1.807, 2.05) is 91.0 Å². The topological polar surface area (TPSA) is 101 Å². The van der Waals surface area contributed by atoms with Crippen molar-refractivity contribution in [2.24, 2.45) is 0 Å². The highest BCUT2D eigenvalue weighted by atomic mass is 16.4. The SMILES string of the molecule is O=C(O)CN(C(CO)(CO)CO)C(c1ccccc1)(c1ccccc1)c1ccccc1. The van der Waals surface area contributed by atoms with Crippen LogP contribution in [0.1, 0.15) is 16.7 Å². The molecule has 6 heteroatoms. The van der Waals surface area contributed by atoms with E-state index in [0.29, 0.717) is 0 Å². The van der Waals surface area contributed by atoms with E-state index in [2.05, 4.69) is 0 Å². The number of carbonyl (C=O) groups is 1. The van der Waals surface area contributed by atoms with Gasteiger partial charge in [0.1, 0.15) is 0 Å². The molecule has 0 heterocycles. The van der Waals surface area contributed by atoms with E-state index in [1.54, 1.807) is 0 Å². The van der Waals surface area contributed by atoms with Crippen LogP contribution in [-0.2, 0) is 10.3 Å². The van der Waals surface area contributed by atoms with Gasteiger partial charge in [-0.05, 0) is 16.7 Å². The van der Waals surface area contributed by atoms with E-state index in [4.69, 9.17) is 0 Å². The van der Waals surface area contributed by atoms with Gasteiger partial charge in [-0.2, -0.15) is 0 Å². The van der Waals surface area contributed by atoms with Gasteiger partial charge in [-0.25, -0.2) is 0 Å². The monoisotopic (exact) mass is 421 g/mol. The van der Waals surface area contributed by atoms with Gasteiger partial charge in [0.05, 0.1) is 37.4 Å². The molecule has 0 atom stereocenters. The fourth-order valence-corrected chi connectivity index (χ4v) is 4.19. The third-order valence-corrected chi connectivity index (χ3v) is 5.73. The fourth-order valence-electron chi connectivity index (χ4n) is 4.19. The average molecular weight is 421 g/mol. The number of hydrogen-bond acceptors (Lipinski definition) is 5. The minimum atomic E-state index is -1.61. The lowest BCUT2D eigenvalue weighted by Gasteiger charge is -2.53. The minimum absolute atomic E-state index is 0.527. The average Bonchev–Trinajstić information content (AvgIpc) is 2.83. The Labute approximate surface area is 181 Å². The first-order valence-electron chi connectivity index (χ1n) is 10.0. The predicted octanol–water partition coefficient (Wildman–Crippen LogP) is 2.08. The van der Waals surface area contributed by atoms with Gasteiger partial charge in [-0.3, -0.25) is 9.69 Å². The van der Waals surface area contributed by atoms with Crippen molar-refractivity contribution < 1.29 is 25.2 Å². The maximum absolute atomic E-state index is 12.1. The Kier molecular flexibility index (Phi) is 7.20. The molecule has 0 spiro atoms. The van der Waals surface area contributed by atoms with Crippen LogP contribution >= 0.6 is 0 Å². The number of benzene rings is 3. The Balaban J connectivity index is 2.49. The first-order chi connectivity index (χ1) is 15.0. The molecule has 0 aliphatic carbocycles. The summed E-state index contributed by atoms with van der Waals surface area (Å²) in [6.45, 7) is -2.44. The second-order valence-electron chi connectivity index (χ2n) is 7.49. The number of rotatable bonds is 10. The summed E-state index contributed by atoms with van der Waals surface area (Å²) in [4.78, 5) is 13.6. The molecule has 0 amide bonds. The lowest BCUT2D eigenvalue weighted by atomic mass is 9.73. The number of aliphatic hydroxyl groups is 3. The van der Waals surface area contributed by atoms with Crippen molar-refractivity contribution in [2.75, 3.05) is 26.4 Å². The largest absolute Gasteiger partial charge is 0.480 e. The molecular formula is C25H27NO5. The molecule has 31 heavy (non-hydrogen) atoms. The summed E-state index contributed by atoms with van der Waals surface area (Å²) >= 11 is 0. The molecule has 0 aliphatic rings. The number of nitrogens with zero attached hydrogens (tertiary/aromatic N) is 1. The van der Waals surface area contributed by atoms with E-state index in [0.717, 1.165) is 16.7 Å². The molecular weight excluding hydrogens is 394 g/mol. The maximum atomic E-state index is 12.1. The lowest BCUT2D eigenvalue weighted by Crippen LogP contribution is -2.66. The van der Waals surface area contributed by atoms with Crippen LogP contribution in [0.5, 0.6) is 0 Å². The zero-order valence-electron chi connectivity index (χ0n) is 17.1. The van der Waals surface area contributed by atoms with Crippen LogP contribution in [0.25, 0.3) is 0 Å². The van der Waals surface area contributed by atoms with E-state index >= 15 is 0 Å². The maximum Gasteiger partial charge on any atom is 0.317 e. The number of aliphatic carboxylic acids is 1. The summed E-state index contributed by atoms with van der Waals surface area (Å²) in [7, 11) is 0. The molecule has 6 nitrogen and oxygen atoms in total. The van der Waals surface area contributed by atoms with Gasteiger partial charge >= 0.3 is 5.97 Å². The summed E-state index contributed by atoms with van der Waals surface area (Å²) in [6.07, 6.45) is 0. The third-order valence-electron chi connectivity index (χ3n) is 5.73. The van der Waals surface area contributed by atoms with Crippen molar-refractivity contribution >= 4 is 5.97 Å². The van der Waals surface area contributed by atoms with Crippen LogP contribution in [0, 0.1) is 0 Å². The fraction of sp³-hybridized carbons (Fsp3) is 0.240. The van der Waals surface area contributed by atoms with E-state index in [1.165, 1.54) is 4.90 Å².